The van der Waals surface area contributed by atoms with Gasteiger partial charge in [0.2, 0.25) is 11.8 Å². The molecule has 2 rings (SSSR count). The Morgan fingerprint density at radius 1 is 1.24 bits per heavy atom. The molecule has 2 aliphatic rings. The zero-order chi connectivity index (χ0) is 15.6. The first-order valence-electron chi connectivity index (χ1n) is 8.57. The van der Waals surface area contributed by atoms with Crippen molar-refractivity contribution in [3.63, 3.8) is 0 Å². The maximum Gasteiger partial charge on any atom is 0.246 e. The molecule has 1 saturated carbocycles. The van der Waals surface area contributed by atoms with Crippen LogP contribution in [-0.2, 0) is 9.59 Å². The van der Waals surface area contributed by atoms with Crippen LogP contribution in [0.2, 0.25) is 0 Å². The van der Waals surface area contributed by atoms with Gasteiger partial charge >= 0.3 is 0 Å². The molecule has 120 valence electrons. The number of nitrogens with one attached hydrogen (secondary N) is 1. The molecule has 1 unspecified atom stereocenters. The maximum atomic E-state index is 12.9. The summed E-state index contributed by atoms with van der Waals surface area (Å²) in [6.07, 6.45) is 5.78. The van der Waals surface area contributed by atoms with Crippen molar-refractivity contribution in [1.29, 1.82) is 0 Å². The summed E-state index contributed by atoms with van der Waals surface area (Å²) in [5.41, 5.74) is -0.625. The largest absolute Gasteiger partial charge is 0.342 e. The molecule has 2 amide bonds. The summed E-state index contributed by atoms with van der Waals surface area (Å²) in [5.74, 6) is 1.19. The maximum absolute atomic E-state index is 12.9. The van der Waals surface area contributed by atoms with Gasteiger partial charge in [-0.1, -0.05) is 34.1 Å². The van der Waals surface area contributed by atoms with E-state index in [0.29, 0.717) is 24.7 Å². The molecule has 1 aliphatic carbocycles. The highest BCUT2D eigenvalue weighted by atomic mass is 16.2. The molecule has 0 aromatic heterocycles. The fraction of sp³-hybridized carbons (Fsp3) is 0.882. The Morgan fingerprint density at radius 3 is 2.29 bits per heavy atom. The van der Waals surface area contributed by atoms with Gasteiger partial charge in [-0.3, -0.25) is 9.59 Å². The summed E-state index contributed by atoms with van der Waals surface area (Å²) in [4.78, 5) is 27.6. The monoisotopic (exact) mass is 294 g/mol. The van der Waals surface area contributed by atoms with E-state index < -0.39 is 5.54 Å². The zero-order valence-corrected chi connectivity index (χ0v) is 13.9. The molecule has 4 heteroatoms. The van der Waals surface area contributed by atoms with Crippen molar-refractivity contribution in [2.24, 2.45) is 11.8 Å². The number of nitrogens with zero attached hydrogens (tertiary/aromatic N) is 1. The van der Waals surface area contributed by atoms with Gasteiger partial charge in [0.05, 0.1) is 0 Å². The van der Waals surface area contributed by atoms with E-state index in [4.69, 9.17) is 0 Å². The van der Waals surface area contributed by atoms with Gasteiger partial charge in [-0.2, -0.15) is 0 Å². The lowest BCUT2D eigenvalue weighted by molar-refractivity contribution is -0.160. The predicted molar refractivity (Wildman–Crippen MR) is 83.8 cm³/mol. The van der Waals surface area contributed by atoms with Gasteiger partial charge < -0.3 is 10.2 Å². The van der Waals surface area contributed by atoms with Crippen LogP contribution in [0.3, 0.4) is 0 Å². The van der Waals surface area contributed by atoms with Crippen molar-refractivity contribution >= 4 is 11.8 Å². The van der Waals surface area contributed by atoms with Crippen LogP contribution in [0.5, 0.6) is 0 Å². The minimum absolute atomic E-state index is 0.0528. The molecule has 1 heterocycles. The lowest BCUT2D eigenvalue weighted by atomic mass is 9.80. The Hall–Kier alpha value is -1.06. The standard InChI is InChI=1S/C17H30N2O2/c1-5-17(6-2)16(21)18-14(10-12(3)4)15(20)19(17)11-13-8-7-9-13/h12-14H,5-11H2,1-4H3,(H,18,21). The minimum atomic E-state index is -0.625. The highest BCUT2D eigenvalue weighted by Crippen LogP contribution is 2.35. The first-order chi connectivity index (χ1) is 9.94. The molecule has 0 spiro atoms. The van der Waals surface area contributed by atoms with Crippen LogP contribution in [0.15, 0.2) is 0 Å². The van der Waals surface area contributed by atoms with Crippen molar-refractivity contribution in [2.45, 2.75) is 77.8 Å². The van der Waals surface area contributed by atoms with Gasteiger partial charge in [-0.25, -0.2) is 0 Å². The third kappa shape index (κ3) is 2.95. The number of hydrogen-bond acceptors (Lipinski definition) is 2. The van der Waals surface area contributed by atoms with Crippen molar-refractivity contribution < 1.29 is 9.59 Å². The van der Waals surface area contributed by atoms with Crippen LogP contribution >= 0.6 is 0 Å². The smallest absolute Gasteiger partial charge is 0.246 e. The van der Waals surface area contributed by atoms with Crippen LogP contribution in [0.1, 0.15) is 66.2 Å². The van der Waals surface area contributed by atoms with Crippen LogP contribution in [0, 0.1) is 11.8 Å². The average molecular weight is 294 g/mol. The Balaban J connectivity index is 2.24. The Labute approximate surface area is 128 Å². The first kappa shape index (κ1) is 16.3. The predicted octanol–water partition coefficient (Wildman–Crippen LogP) is 2.72. The van der Waals surface area contributed by atoms with Crippen LogP contribution < -0.4 is 5.32 Å². The van der Waals surface area contributed by atoms with Crippen LogP contribution in [-0.4, -0.2) is 34.8 Å². The topological polar surface area (TPSA) is 49.4 Å². The minimum Gasteiger partial charge on any atom is -0.342 e. The van der Waals surface area contributed by atoms with Gasteiger partial charge in [0.15, 0.2) is 0 Å². The molecule has 4 nitrogen and oxygen atoms in total. The number of amides is 2. The van der Waals surface area contributed by atoms with E-state index in [0.717, 1.165) is 13.0 Å². The van der Waals surface area contributed by atoms with E-state index in [1.54, 1.807) is 0 Å². The van der Waals surface area contributed by atoms with E-state index in [1.165, 1.54) is 19.3 Å². The molecule has 2 fully saturated rings. The fourth-order valence-corrected chi connectivity index (χ4v) is 3.66. The highest BCUT2D eigenvalue weighted by molar-refractivity contribution is 5.99. The molecular weight excluding hydrogens is 264 g/mol. The molecule has 1 aliphatic heterocycles. The van der Waals surface area contributed by atoms with Gasteiger partial charge in [-0.05, 0) is 43.9 Å². The second-order valence-corrected chi connectivity index (χ2v) is 7.14. The number of carbonyl (C=O) groups excluding carboxylic acids is 2. The SMILES string of the molecule is CCC1(CC)C(=O)NC(CC(C)C)C(=O)N1CC1CCC1. The van der Waals surface area contributed by atoms with E-state index in [9.17, 15) is 9.59 Å². The molecule has 0 radical (unpaired) electrons. The van der Waals surface area contributed by atoms with Crippen molar-refractivity contribution in [1.82, 2.24) is 10.2 Å². The molecule has 1 N–H and O–H groups in total. The number of hydrogen-bond donors (Lipinski definition) is 1. The Kier molecular flexibility index (Phi) is 4.95. The molecule has 1 saturated heterocycles. The van der Waals surface area contributed by atoms with Gasteiger partial charge in [0.25, 0.3) is 0 Å². The van der Waals surface area contributed by atoms with Gasteiger partial charge in [-0.15, -0.1) is 0 Å². The highest BCUT2D eigenvalue weighted by Gasteiger charge is 2.50. The third-order valence-corrected chi connectivity index (χ3v) is 5.35. The van der Waals surface area contributed by atoms with Gasteiger partial charge in [0.1, 0.15) is 11.6 Å². The molecule has 0 aromatic rings. The van der Waals surface area contributed by atoms with Crippen molar-refractivity contribution in [2.75, 3.05) is 6.54 Å². The van der Waals surface area contributed by atoms with Crippen molar-refractivity contribution in [3.05, 3.63) is 0 Å². The van der Waals surface area contributed by atoms with E-state index in [-0.39, 0.29) is 17.9 Å². The third-order valence-electron chi connectivity index (χ3n) is 5.35. The van der Waals surface area contributed by atoms with E-state index >= 15 is 0 Å². The molecule has 0 aromatic carbocycles. The first-order valence-corrected chi connectivity index (χ1v) is 8.57. The summed E-state index contributed by atoms with van der Waals surface area (Å²) in [5, 5.41) is 3.00. The quantitative estimate of drug-likeness (QED) is 0.819. The van der Waals surface area contributed by atoms with Crippen LogP contribution in [0.25, 0.3) is 0 Å². The number of rotatable bonds is 6. The second-order valence-electron chi connectivity index (χ2n) is 7.14. The Morgan fingerprint density at radius 2 is 1.86 bits per heavy atom. The second kappa shape index (κ2) is 6.37. The summed E-state index contributed by atoms with van der Waals surface area (Å²) in [6, 6.07) is -0.330. The number of piperazine rings is 1. The molecular formula is C17H30N2O2. The summed E-state index contributed by atoms with van der Waals surface area (Å²) in [7, 11) is 0. The number of carbonyl (C=O) groups is 2. The summed E-state index contributed by atoms with van der Waals surface area (Å²) in [6.45, 7) is 9.00. The van der Waals surface area contributed by atoms with E-state index in [2.05, 4.69) is 19.2 Å². The van der Waals surface area contributed by atoms with Crippen LogP contribution in [0.4, 0.5) is 0 Å². The fourth-order valence-electron chi connectivity index (χ4n) is 3.66. The summed E-state index contributed by atoms with van der Waals surface area (Å²) >= 11 is 0. The van der Waals surface area contributed by atoms with E-state index in [1.807, 2.05) is 18.7 Å². The molecule has 0 bridgehead atoms. The summed E-state index contributed by atoms with van der Waals surface area (Å²) < 4.78 is 0. The Bertz CT molecular complexity index is 398. The van der Waals surface area contributed by atoms with Crippen molar-refractivity contribution in [3.8, 4) is 0 Å². The molecule has 1 atom stereocenters. The van der Waals surface area contributed by atoms with Gasteiger partial charge in [0, 0.05) is 6.54 Å². The lowest BCUT2D eigenvalue weighted by Crippen LogP contribution is -2.71. The lowest BCUT2D eigenvalue weighted by Gasteiger charge is -2.50. The average Bonchev–Trinajstić information content (AvgIpc) is 2.38. The zero-order valence-electron chi connectivity index (χ0n) is 13.9. The normalized spacial score (nSPS) is 26.0. The molecule has 21 heavy (non-hydrogen) atoms.